The van der Waals surface area contributed by atoms with Crippen LogP contribution in [0.5, 0.6) is 0 Å². The van der Waals surface area contributed by atoms with Gasteiger partial charge >= 0.3 is 0 Å². The summed E-state index contributed by atoms with van der Waals surface area (Å²) < 4.78 is 28.9. The summed E-state index contributed by atoms with van der Waals surface area (Å²) in [6.07, 6.45) is 4.59. The van der Waals surface area contributed by atoms with Crippen LogP contribution in [0.1, 0.15) is 31.0 Å². The molecule has 0 aliphatic carbocycles. The van der Waals surface area contributed by atoms with Crippen LogP contribution in [0.2, 0.25) is 0 Å². The molecule has 0 amide bonds. The van der Waals surface area contributed by atoms with Crippen molar-refractivity contribution in [2.24, 2.45) is 0 Å². The number of hydrogen-bond acceptors (Lipinski definition) is 3. The highest BCUT2D eigenvalue weighted by molar-refractivity contribution is 7.89. The highest BCUT2D eigenvalue weighted by atomic mass is 32.2. The van der Waals surface area contributed by atoms with Crippen molar-refractivity contribution in [2.45, 2.75) is 37.6 Å². The predicted molar refractivity (Wildman–Crippen MR) is 85.2 cm³/mol. The number of fused-ring (bicyclic) bond motifs is 1. The topological polar surface area (TPSA) is 55.2 Å². The lowest BCUT2D eigenvalue weighted by Crippen LogP contribution is -2.33. The van der Waals surface area contributed by atoms with E-state index in [0.717, 1.165) is 12.8 Å². The Kier molecular flexibility index (Phi) is 4.06. The molecule has 5 nitrogen and oxygen atoms in total. The Hall–Kier alpha value is -1.66. The lowest BCUT2D eigenvalue weighted by molar-refractivity contribution is 0.426. The van der Waals surface area contributed by atoms with Crippen LogP contribution in [-0.4, -0.2) is 35.6 Å². The van der Waals surface area contributed by atoms with E-state index >= 15 is 0 Å². The second kappa shape index (κ2) is 5.85. The molecule has 0 saturated carbocycles. The fourth-order valence-corrected chi connectivity index (χ4v) is 4.16. The molecule has 0 unspecified atom stereocenters. The molecule has 1 aliphatic heterocycles. The monoisotopic (exact) mass is 319 g/mol. The number of sulfonamides is 1. The van der Waals surface area contributed by atoms with Gasteiger partial charge in [-0.1, -0.05) is 24.3 Å². The number of nitrogens with zero attached hydrogens (tertiary/aromatic N) is 3. The minimum atomic E-state index is -3.47. The molecular formula is C16H21N3O2S. The van der Waals surface area contributed by atoms with Crippen LogP contribution in [-0.2, 0) is 22.9 Å². The average molecular weight is 319 g/mol. The van der Waals surface area contributed by atoms with Crippen LogP contribution in [0.25, 0.3) is 0 Å². The number of aromatic nitrogens is 2. The van der Waals surface area contributed by atoms with E-state index in [4.69, 9.17) is 0 Å². The second-order valence-corrected chi connectivity index (χ2v) is 7.86. The van der Waals surface area contributed by atoms with E-state index < -0.39 is 10.0 Å². The van der Waals surface area contributed by atoms with Gasteiger partial charge in [-0.2, -0.15) is 9.40 Å². The third-order valence-corrected chi connectivity index (χ3v) is 5.98. The summed E-state index contributed by atoms with van der Waals surface area (Å²) in [5.74, 6) is 0. The van der Waals surface area contributed by atoms with Crippen LogP contribution in [0.3, 0.4) is 0 Å². The minimum Gasteiger partial charge on any atom is -0.269 e. The zero-order valence-corrected chi connectivity index (χ0v) is 13.8. The first-order chi connectivity index (χ1) is 10.5. The summed E-state index contributed by atoms with van der Waals surface area (Å²) in [6.45, 7) is 5.00. The molecule has 22 heavy (non-hydrogen) atoms. The van der Waals surface area contributed by atoms with Crippen LogP contribution >= 0.6 is 0 Å². The van der Waals surface area contributed by atoms with Crippen molar-refractivity contribution in [1.29, 1.82) is 0 Å². The third kappa shape index (κ3) is 2.80. The Morgan fingerprint density at radius 1 is 1.09 bits per heavy atom. The lowest BCUT2D eigenvalue weighted by atomic mass is 10.0. The maximum absolute atomic E-state index is 12.8. The molecule has 0 saturated heterocycles. The van der Waals surface area contributed by atoms with Gasteiger partial charge in [-0.3, -0.25) is 4.68 Å². The molecule has 1 aromatic heterocycles. The fraction of sp³-hybridized carbons (Fsp3) is 0.438. The van der Waals surface area contributed by atoms with Crippen molar-refractivity contribution in [3.05, 3.63) is 47.8 Å². The van der Waals surface area contributed by atoms with Crippen molar-refractivity contribution in [3.63, 3.8) is 0 Å². The fourth-order valence-electron chi connectivity index (χ4n) is 2.77. The summed E-state index contributed by atoms with van der Waals surface area (Å²) in [4.78, 5) is 0.284. The summed E-state index contributed by atoms with van der Waals surface area (Å²) in [5, 5.41) is 4.15. The van der Waals surface area contributed by atoms with Gasteiger partial charge in [0.25, 0.3) is 0 Å². The number of benzene rings is 1. The summed E-state index contributed by atoms with van der Waals surface area (Å²) >= 11 is 0. The van der Waals surface area contributed by atoms with Gasteiger partial charge in [0.05, 0.1) is 6.20 Å². The van der Waals surface area contributed by atoms with Gasteiger partial charge in [0.1, 0.15) is 4.90 Å². The van der Waals surface area contributed by atoms with Crippen LogP contribution in [0.4, 0.5) is 0 Å². The van der Waals surface area contributed by atoms with E-state index in [1.165, 1.54) is 17.3 Å². The zero-order chi connectivity index (χ0) is 15.7. The van der Waals surface area contributed by atoms with Gasteiger partial charge < -0.3 is 0 Å². The molecule has 118 valence electrons. The van der Waals surface area contributed by atoms with Gasteiger partial charge in [-0.15, -0.1) is 0 Å². The van der Waals surface area contributed by atoms with Crippen LogP contribution in [0.15, 0.2) is 41.6 Å². The van der Waals surface area contributed by atoms with Gasteiger partial charge in [0.2, 0.25) is 10.0 Å². The molecule has 3 rings (SSSR count). The molecule has 0 fully saturated rings. The van der Waals surface area contributed by atoms with E-state index in [2.05, 4.69) is 17.2 Å². The Bertz CT molecular complexity index is 738. The maximum Gasteiger partial charge on any atom is 0.246 e. The van der Waals surface area contributed by atoms with Crippen LogP contribution < -0.4 is 0 Å². The minimum absolute atomic E-state index is 0.150. The average Bonchev–Trinajstić information content (AvgIpc) is 2.89. The van der Waals surface area contributed by atoms with Gasteiger partial charge in [0.15, 0.2) is 0 Å². The summed E-state index contributed by atoms with van der Waals surface area (Å²) in [5.41, 5.74) is 2.50. The molecule has 0 N–H and O–H groups in total. The Morgan fingerprint density at radius 3 is 2.18 bits per heavy atom. The highest BCUT2D eigenvalue weighted by Crippen LogP contribution is 2.22. The Morgan fingerprint density at radius 2 is 1.68 bits per heavy atom. The number of hydrogen-bond donors (Lipinski definition) is 0. The first kappa shape index (κ1) is 15.2. The zero-order valence-electron chi connectivity index (χ0n) is 12.9. The predicted octanol–water partition coefficient (Wildman–Crippen LogP) is 2.25. The van der Waals surface area contributed by atoms with Crippen molar-refractivity contribution >= 4 is 10.0 Å². The van der Waals surface area contributed by atoms with E-state index in [9.17, 15) is 8.42 Å². The van der Waals surface area contributed by atoms with Gasteiger partial charge in [0, 0.05) is 25.3 Å². The van der Waals surface area contributed by atoms with Crippen LogP contribution in [0, 0.1) is 0 Å². The van der Waals surface area contributed by atoms with Crippen molar-refractivity contribution in [2.75, 3.05) is 13.1 Å². The Balaban J connectivity index is 1.84. The van der Waals surface area contributed by atoms with Crippen molar-refractivity contribution in [1.82, 2.24) is 14.1 Å². The summed E-state index contributed by atoms with van der Waals surface area (Å²) in [7, 11) is -3.47. The van der Waals surface area contributed by atoms with Gasteiger partial charge in [-0.05, 0) is 37.8 Å². The third-order valence-electron chi connectivity index (χ3n) is 4.12. The molecule has 1 aliphatic rings. The SMILES string of the molecule is CC(C)n1cc(S(=O)(=O)N2CCc3ccccc3CC2)cn1. The molecule has 6 heteroatoms. The van der Waals surface area contributed by atoms with E-state index in [-0.39, 0.29) is 10.9 Å². The standard InChI is InChI=1S/C16H21N3O2S/c1-13(2)19-12-16(11-17-19)22(20,21)18-9-7-14-5-3-4-6-15(14)8-10-18/h3-6,11-13H,7-10H2,1-2H3. The largest absolute Gasteiger partial charge is 0.269 e. The van der Waals surface area contributed by atoms with E-state index in [1.807, 2.05) is 26.0 Å². The molecule has 0 bridgehead atoms. The quantitative estimate of drug-likeness (QED) is 0.872. The van der Waals surface area contributed by atoms with E-state index in [0.29, 0.717) is 13.1 Å². The summed E-state index contributed by atoms with van der Waals surface area (Å²) in [6, 6.07) is 8.34. The molecular weight excluding hydrogens is 298 g/mol. The smallest absolute Gasteiger partial charge is 0.246 e. The Labute approximate surface area is 131 Å². The number of rotatable bonds is 3. The van der Waals surface area contributed by atoms with E-state index in [1.54, 1.807) is 15.2 Å². The van der Waals surface area contributed by atoms with Gasteiger partial charge in [-0.25, -0.2) is 8.42 Å². The second-order valence-electron chi connectivity index (χ2n) is 5.92. The van der Waals surface area contributed by atoms with Crippen molar-refractivity contribution < 1.29 is 8.42 Å². The first-order valence-corrected chi connectivity index (χ1v) is 9.03. The molecule has 0 spiro atoms. The molecule has 0 radical (unpaired) electrons. The highest BCUT2D eigenvalue weighted by Gasteiger charge is 2.27. The maximum atomic E-state index is 12.8. The normalized spacial score (nSPS) is 16.5. The lowest BCUT2D eigenvalue weighted by Gasteiger charge is -2.18. The molecule has 0 atom stereocenters. The molecule has 2 heterocycles. The molecule has 2 aromatic rings. The van der Waals surface area contributed by atoms with Crippen molar-refractivity contribution in [3.8, 4) is 0 Å². The first-order valence-electron chi connectivity index (χ1n) is 7.59. The molecule has 1 aromatic carbocycles.